The predicted molar refractivity (Wildman–Crippen MR) is 118 cm³/mol. The molecule has 1 unspecified atom stereocenters. The van der Waals surface area contributed by atoms with Gasteiger partial charge in [-0.1, -0.05) is 27.7 Å². The second kappa shape index (κ2) is 23.8. The van der Waals surface area contributed by atoms with Crippen molar-refractivity contribution in [2.75, 3.05) is 40.3 Å². The summed E-state index contributed by atoms with van der Waals surface area (Å²) in [5.41, 5.74) is 0.0647. The number of carbonyl (C=O) groups is 4. The summed E-state index contributed by atoms with van der Waals surface area (Å²) < 4.78 is 38.1. The van der Waals surface area contributed by atoms with Crippen molar-refractivity contribution in [1.29, 1.82) is 0 Å². The van der Waals surface area contributed by atoms with Crippen LogP contribution >= 0.6 is 0 Å². The van der Waals surface area contributed by atoms with Crippen LogP contribution in [0.1, 0.15) is 47.0 Å². The van der Waals surface area contributed by atoms with E-state index in [1.165, 1.54) is 0 Å². The first-order valence-corrected chi connectivity index (χ1v) is 10.7. The molecule has 0 amide bonds. The zero-order valence-corrected chi connectivity index (χ0v) is 20.5. The van der Waals surface area contributed by atoms with Crippen LogP contribution in [0.25, 0.3) is 0 Å². The Morgan fingerprint density at radius 2 is 1.13 bits per heavy atom. The Labute approximate surface area is 183 Å². The minimum Gasteiger partial charge on any atom is -0.384 e. The first-order chi connectivity index (χ1) is 13.9. The Kier molecular flexibility index (Phi) is 31.0. The van der Waals surface area contributed by atoms with Crippen LogP contribution in [0.15, 0.2) is 0 Å². The van der Waals surface area contributed by atoms with Crippen LogP contribution in [0.4, 0.5) is 0 Å². The van der Waals surface area contributed by atoms with Gasteiger partial charge in [0, 0.05) is 14.2 Å². The monoisotopic (exact) mass is 458 g/mol. The molecule has 0 aliphatic carbocycles. The average molecular weight is 459 g/mol. The van der Waals surface area contributed by atoms with E-state index in [0.29, 0.717) is 13.2 Å². The van der Waals surface area contributed by atoms with Crippen molar-refractivity contribution < 1.29 is 41.3 Å². The molecule has 0 aromatic carbocycles. The smallest absolute Gasteiger partial charge is 0.264 e. The first kappa shape index (κ1) is 39.0. The van der Waals surface area contributed by atoms with Crippen LogP contribution in [-0.2, 0) is 43.0 Å². The van der Waals surface area contributed by atoms with Gasteiger partial charge in [0.1, 0.15) is 27.2 Å². The summed E-state index contributed by atoms with van der Waals surface area (Å²) in [6, 6.07) is 0. The van der Waals surface area contributed by atoms with E-state index in [1.807, 2.05) is 27.2 Å². The first-order valence-electron chi connectivity index (χ1n) is 8.88. The third kappa shape index (κ3) is 31.2. The third-order valence-corrected chi connectivity index (χ3v) is 4.22. The van der Waals surface area contributed by atoms with E-state index in [9.17, 15) is 8.42 Å². The normalized spacial score (nSPS) is 11.6. The van der Waals surface area contributed by atoms with Crippen molar-refractivity contribution >= 4 is 37.3 Å². The summed E-state index contributed by atoms with van der Waals surface area (Å²) in [7, 11) is -0.0190. The van der Waals surface area contributed by atoms with Crippen molar-refractivity contribution in [2.45, 2.75) is 47.0 Å². The molecule has 182 valence electrons. The lowest BCUT2D eigenvalue weighted by Gasteiger charge is -2.31. The van der Waals surface area contributed by atoms with Crippen molar-refractivity contribution in [3.63, 3.8) is 0 Å². The fourth-order valence-corrected chi connectivity index (χ4v) is 3.19. The molecule has 0 rings (SSSR count). The number of carbonyl (C=O) groups excluding carboxylic acids is 4. The Bertz CT molecular complexity index is 457. The van der Waals surface area contributed by atoms with E-state index in [-0.39, 0.29) is 23.4 Å². The van der Waals surface area contributed by atoms with Gasteiger partial charge in [-0.05, 0) is 36.0 Å². The van der Waals surface area contributed by atoms with E-state index < -0.39 is 10.1 Å². The highest BCUT2D eigenvalue weighted by Crippen LogP contribution is 2.32. The quantitative estimate of drug-likeness (QED) is 0.404. The lowest BCUT2D eigenvalue weighted by Crippen LogP contribution is -2.27. The Morgan fingerprint density at radius 3 is 1.47 bits per heavy atom. The molecule has 1 atom stereocenters. The Balaban J connectivity index is -0.000000231. The van der Waals surface area contributed by atoms with Crippen LogP contribution in [0, 0.1) is 16.7 Å². The van der Waals surface area contributed by atoms with Gasteiger partial charge in [-0.15, -0.1) is 0 Å². The molecule has 0 heterocycles. The van der Waals surface area contributed by atoms with Gasteiger partial charge in [-0.2, -0.15) is 8.42 Å². The van der Waals surface area contributed by atoms with Crippen LogP contribution in [-0.4, -0.2) is 75.9 Å². The zero-order chi connectivity index (χ0) is 25.4. The standard InChI is InChI=1S/C16H34O5S.4CH2O/c1-15(2,12-19-5)9-8-14(11-21-22(7,17)18)10-16(3,4)13-20-6;4*1-2/h14H,8-13H2,1-7H3;4*1H2. The van der Waals surface area contributed by atoms with Crippen molar-refractivity contribution in [3.05, 3.63) is 0 Å². The van der Waals surface area contributed by atoms with Crippen LogP contribution in [0.3, 0.4) is 0 Å². The minimum atomic E-state index is -3.41. The lowest BCUT2D eigenvalue weighted by molar-refractivity contribution is -0.0987. The SMILES string of the molecule is C=O.C=O.C=O.C=O.COCC(C)(C)CCC(COS(C)(=O)=O)CC(C)(C)COC. The van der Waals surface area contributed by atoms with Gasteiger partial charge in [0.25, 0.3) is 10.1 Å². The third-order valence-electron chi connectivity index (χ3n) is 3.66. The number of methoxy groups -OCH3 is 2. The van der Waals surface area contributed by atoms with Gasteiger partial charge in [0.05, 0.1) is 26.1 Å². The minimum absolute atomic E-state index is 0.00825. The second-order valence-electron chi connectivity index (χ2n) is 7.79. The lowest BCUT2D eigenvalue weighted by atomic mass is 9.78. The van der Waals surface area contributed by atoms with Crippen molar-refractivity contribution in [1.82, 2.24) is 0 Å². The van der Waals surface area contributed by atoms with Crippen molar-refractivity contribution in [2.24, 2.45) is 16.7 Å². The maximum Gasteiger partial charge on any atom is 0.264 e. The Hall–Kier alpha value is -1.49. The van der Waals surface area contributed by atoms with Crippen LogP contribution < -0.4 is 0 Å². The summed E-state index contributed by atoms with van der Waals surface area (Å²) in [6.45, 7) is 18.1. The fraction of sp³-hybridized carbons (Fsp3) is 0.800. The van der Waals surface area contributed by atoms with E-state index >= 15 is 0 Å². The van der Waals surface area contributed by atoms with Gasteiger partial charge in [0.2, 0.25) is 0 Å². The molecule has 10 heteroatoms. The average Bonchev–Trinajstić information content (AvgIpc) is 2.69. The largest absolute Gasteiger partial charge is 0.384 e. The molecular formula is C20H42O9S. The molecule has 0 N–H and O–H groups in total. The number of ether oxygens (including phenoxy) is 2. The fourth-order valence-electron chi connectivity index (χ4n) is 2.75. The van der Waals surface area contributed by atoms with Gasteiger partial charge < -0.3 is 28.7 Å². The summed E-state index contributed by atoms with van der Waals surface area (Å²) >= 11 is 0. The van der Waals surface area contributed by atoms with Gasteiger partial charge in [0.15, 0.2) is 0 Å². The highest BCUT2D eigenvalue weighted by Gasteiger charge is 2.27. The second-order valence-corrected chi connectivity index (χ2v) is 9.44. The molecular weight excluding hydrogens is 416 g/mol. The van der Waals surface area contributed by atoms with E-state index in [4.69, 9.17) is 32.8 Å². The molecule has 0 fully saturated rings. The predicted octanol–water partition coefficient (Wildman–Crippen LogP) is 2.35. The van der Waals surface area contributed by atoms with Crippen molar-refractivity contribution in [3.8, 4) is 0 Å². The Morgan fingerprint density at radius 1 is 0.767 bits per heavy atom. The van der Waals surface area contributed by atoms with Gasteiger partial charge in [-0.3, -0.25) is 4.18 Å². The van der Waals surface area contributed by atoms with Crippen LogP contribution in [0.5, 0.6) is 0 Å². The molecule has 0 saturated carbocycles. The van der Waals surface area contributed by atoms with E-state index in [2.05, 4.69) is 27.7 Å². The summed E-state index contributed by atoms with van der Waals surface area (Å²) in [4.78, 5) is 32.0. The topological polar surface area (TPSA) is 130 Å². The molecule has 0 aromatic heterocycles. The van der Waals surface area contributed by atoms with E-state index in [0.717, 1.165) is 25.5 Å². The molecule has 30 heavy (non-hydrogen) atoms. The molecule has 0 radical (unpaired) electrons. The molecule has 0 saturated heterocycles. The molecule has 0 spiro atoms. The highest BCUT2D eigenvalue weighted by molar-refractivity contribution is 7.85. The molecule has 0 aliphatic rings. The zero-order valence-electron chi connectivity index (χ0n) is 19.7. The number of hydrogen-bond acceptors (Lipinski definition) is 9. The maximum absolute atomic E-state index is 11.3. The number of hydrogen-bond donors (Lipinski definition) is 0. The van der Waals surface area contributed by atoms with Crippen LogP contribution in [0.2, 0.25) is 0 Å². The molecule has 0 bridgehead atoms. The van der Waals surface area contributed by atoms with Gasteiger partial charge in [-0.25, -0.2) is 0 Å². The van der Waals surface area contributed by atoms with E-state index in [1.54, 1.807) is 14.2 Å². The summed E-state index contributed by atoms with van der Waals surface area (Å²) in [6.07, 6.45) is 3.82. The number of rotatable bonds is 12. The molecule has 0 aromatic rings. The molecule has 0 aliphatic heterocycles. The summed E-state index contributed by atoms with van der Waals surface area (Å²) in [5.74, 6) is 0.177. The molecule has 9 nitrogen and oxygen atoms in total. The highest BCUT2D eigenvalue weighted by atomic mass is 32.2. The summed E-state index contributed by atoms with van der Waals surface area (Å²) in [5, 5.41) is 0. The van der Waals surface area contributed by atoms with Gasteiger partial charge >= 0.3 is 0 Å². The maximum atomic E-state index is 11.3.